The maximum absolute atomic E-state index is 12.2. The Labute approximate surface area is 180 Å². The number of thiophene rings is 1. The summed E-state index contributed by atoms with van der Waals surface area (Å²) >= 11 is 1.39. The monoisotopic (exact) mass is 430 g/mol. The van der Waals surface area contributed by atoms with Crippen LogP contribution < -0.4 is 16.1 Å². The molecule has 8 nitrogen and oxygen atoms in total. The molecule has 0 saturated heterocycles. The van der Waals surface area contributed by atoms with E-state index in [0.717, 1.165) is 10.8 Å². The Hall–Kier alpha value is -3.22. The molecule has 0 fully saturated rings. The van der Waals surface area contributed by atoms with E-state index in [0.29, 0.717) is 5.82 Å². The summed E-state index contributed by atoms with van der Waals surface area (Å²) in [5.41, 5.74) is 1.47. The number of aromatic nitrogens is 1. The van der Waals surface area contributed by atoms with Crippen molar-refractivity contribution in [1.82, 2.24) is 15.8 Å². The van der Waals surface area contributed by atoms with Crippen molar-refractivity contribution in [2.24, 2.45) is 11.8 Å². The summed E-state index contributed by atoms with van der Waals surface area (Å²) in [6.07, 6.45) is 1.19. The van der Waals surface area contributed by atoms with Crippen LogP contribution in [0.1, 0.15) is 32.1 Å². The number of amides is 3. The second-order valence-corrected chi connectivity index (χ2v) is 7.70. The van der Waals surface area contributed by atoms with E-state index in [-0.39, 0.29) is 13.0 Å². The molecule has 30 heavy (non-hydrogen) atoms. The Kier molecular flexibility index (Phi) is 11.5. The predicted octanol–water partition coefficient (Wildman–Crippen LogP) is 2.42. The normalized spacial score (nSPS) is 10.6. The van der Waals surface area contributed by atoms with E-state index in [2.05, 4.69) is 48.2 Å². The Bertz CT molecular complexity index is 855. The van der Waals surface area contributed by atoms with Crippen LogP contribution in [0.4, 0.5) is 5.82 Å². The molecule has 4 N–H and O–H groups in total. The minimum absolute atomic E-state index is 0.298. The highest BCUT2D eigenvalue weighted by Crippen LogP contribution is 2.08. The van der Waals surface area contributed by atoms with Crippen LogP contribution in [-0.4, -0.2) is 34.5 Å². The number of hydrogen-bond donors (Lipinski definition) is 4. The smallest absolute Gasteiger partial charge is 0.245 e. The summed E-state index contributed by atoms with van der Waals surface area (Å²) in [5.74, 6) is 3.88. The van der Waals surface area contributed by atoms with E-state index in [9.17, 15) is 14.4 Å². The molecule has 2 aromatic rings. The molecule has 3 amide bonds. The molecule has 9 heteroatoms. The maximum Gasteiger partial charge on any atom is 0.245 e. The first-order chi connectivity index (χ1) is 14.3. The second kappa shape index (κ2) is 13.9. The highest BCUT2D eigenvalue weighted by Gasteiger charge is 2.20. The average molecular weight is 431 g/mol. The molecule has 0 aliphatic rings. The van der Waals surface area contributed by atoms with Crippen LogP contribution in [-0.2, 0) is 14.4 Å². The number of hydrogen-bond acceptors (Lipinski definition) is 6. The molecular weight excluding hydrogens is 404 g/mol. The Balaban J connectivity index is 0.00000103. The van der Waals surface area contributed by atoms with Gasteiger partial charge in [-0.25, -0.2) is 10.5 Å². The molecule has 0 bridgehead atoms. The molecule has 2 heterocycles. The van der Waals surface area contributed by atoms with Crippen LogP contribution in [0.15, 0.2) is 41.9 Å². The van der Waals surface area contributed by atoms with E-state index >= 15 is 0 Å². The lowest BCUT2D eigenvalue weighted by Gasteiger charge is -2.10. The molecule has 0 saturated carbocycles. The van der Waals surface area contributed by atoms with E-state index in [1.54, 1.807) is 24.3 Å². The largest absolute Gasteiger partial charge is 0.346 e. The number of carbonyl (C=O) groups is 3. The first-order valence-corrected chi connectivity index (χ1v) is 10.2. The third-order valence-electron chi connectivity index (χ3n) is 3.08. The van der Waals surface area contributed by atoms with Crippen LogP contribution in [0.2, 0.25) is 0 Å². The molecular formula is C21H26N4O4S. The lowest BCUT2D eigenvalue weighted by atomic mass is 10.0. The van der Waals surface area contributed by atoms with Gasteiger partial charge in [-0.2, -0.15) is 0 Å². The molecule has 2 aromatic heterocycles. The van der Waals surface area contributed by atoms with Gasteiger partial charge in [-0.05, 0) is 29.5 Å². The van der Waals surface area contributed by atoms with Gasteiger partial charge in [0.25, 0.3) is 0 Å². The average Bonchev–Trinajstić information content (AvgIpc) is 3.23. The Morgan fingerprint density at radius 3 is 2.43 bits per heavy atom. The van der Waals surface area contributed by atoms with Gasteiger partial charge in [0.1, 0.15) is 11.7 Å². The van der Waals surface area contributed by atoms with Crippen molar-refractivity contribution in [3.8, 4) is 11.8 Å². The van der Waals surface area contributed by atoms with Gasteiger partial charge >= 0.3 is 0 Å². The van der Waals surface area contributed by atoms with E-state index in [4.69, 9.17) is 5.21 Å². The van der Waals surface area contributed by atoms with Crippen molar-refractivity contribution in [1.29, 1.82) is 0 Å². The topological polar surface area (TPSA) is 120 Å². The van der Waals surface area contributed by atoms with E-state index < -0.39 is 23.6 Å². The van der Waals surface area contributed by atoms with Gasteiger partial charge in [-0.15, -0.1) is 11.3 Å². The van der Waals surface area contributed by atoms with Crippen molar-refractivity contribution in [2.75, 3.05) is 11.9 Å². The van der Waals surface area contributed by atoms with Crippen LogP contribution >= 0.6 is 11.3 Å². The molecule has 1 unspecified atom stereocenters. The van der Waals surface area contributed by atoms with E-state index in [1.807, 2.05) is 11.4 Å². The zero-order chi connectivity index (χ0) is 22.4. The first kappa shape index (κ1) is 24.8. The van der Waals surface area contributed by atoms with Crippen LogP contribution in [0, 0.1) is 23.7 Å². The fourth-order valence-electron chi connectivity index (χ4n) is 1.86. The SMILES string of the molecule is CC(C)C.O=C(CC(C#Cc1cccs1)C(=O)NCC(=O)Nc1ccccn1)NO. The number of hydroxylamine groups is 1. The molecule has 160 valence electrons. The van der Waals surface area contributed by atoms with E-state index in [1.165, 1.54) is 23.0 Å². The number of nitrogens with one attached hydrogen (secondary N) is 3. The van der Waals surface area contributed by atoms with Crippen molar-refractivity contribution in [3.05, 3.63) is 46.8 Å². The highest BCUT2D eigenvalue weighted by atomic mass is 32.1. The zero-order valence-electron chi connectivity index (χ0n) is 17.1. The van der Waals surface area contributed by atoms with Gasteiger partial charge < -0.3 is 10.6 Å². The van der Waals surface area contributed by atoms with Crippen molar-refractivity contribution in [2.45, 2.75) is 27.2 Å². The molecule has 0 spiro atoms. The summed E-state index contributed by atoms with van der Waals surface area (Å²) in [6, 6.07) is 8.62. The standard InChI is InChI=1S/C17H16N4O4S.C4H10/c22-15(21-25)10-12(6-7-13-4-3-9-26-13)17(24)19-11-16(23)20-14-5-1-2-8-18-14;1-4(2)3/h1-5,8-9,12,25H,10-11H2,(H,19,24)(H,21,22)(H,18,20,23);4H,1-3H3. The minimum atomic E-state index is -1.01. The van der Waals surface area contributed by atoms with Crippen LogP contribution in [0.3, 0.4) is 0 Å². The van der Waals surface area contributed by atoms with Gasteiger partial charge in [0.2, 0.25) is 17.7 Å². The number of nitrogens with zero attached hydrogens (tertiary/aromatic N) is 1. The van der Waals surface area contributed by atoms with Gasteiger partial charge in [-0.1, -0.05) is 44.7 Å². The van der Waals surface area contributed by atoms with Crippen molar-refractivity contribution < 1.29 is 19.6 Å². The summed E-state index contributed by atoms with van der Waals surface area (Å²) in [6.45, 7) is 6.20. The Morgan fingerprint density at radius 2 is 1.87 bits per heavy atom. The summed E-state index contributed by atoms with van der Waals surface area (Å²) in [5, 5.41) is 15.4. The van der Waals surface area contributed by atoms with Crippen molar-refractivity contribution in [3.63, 3.8) is 0 Å². The zero-order valence-corrected chi connectivity index (χ0v) is 18.0. The van der Waals surface area contributed by atoms with Crippen LogP contribution in [0.5, 0.6) is 0 Å². The molecule has 2 rings (SSSR count). The number of pyridine rings is 1. The number of rotatable bonds is 6. The fraction of sp³-hybridized carbons (Fsp3) is 0.333. The summed E-state index contributed by atoms with van der Waals surface area (Å²) in [7, 11) is 0. The fourth-order valence-corrected chi connectivity index (χ4v) is 2.44. The molecule has 0 aliphatic heterocycles. The first-order valence-electron chi connectivity index (χ1n) is 9.28. The van der Waals surface area contributed by atoms with Gasteiger partial charge in [-0.3, -0.25) is 19.6 Å². The molecule has 0 aromatic carbocycles. The van der Waals surface area contributed by atoms with Gasteiger partial charge in [0.05, 0.1) is 17.8 Å². The lowest BCUT2D eigenvalue weighted by Crippen LogP contribution is -2.38. The lowest BCUT2D eigenvalue weighted by molar-refractivity contribution is -0.133. The second-order valence-electron chi connectivity index (χ2n) is 6.75. The third-order valence-corrected chi connectivity index (χ3v) is 3.86. The van der Waals surface area contributed by atoms with Crippen LogP contribution in [0.25, 0.3) is 0 Å². The van der Waals surface area contributed by atoms with Gasteiger partial charge in [0.15, 0.2) is 0 Å². The van der Waals surface area contributed by atoms with Crippen molar-refractivity contribution >= 4 is 34.9 Å². The molecule has 0 radical (unpaired) electrons. The summed E-state index contributed by atoms with van der Waals surface area (Å²) < 4.78 is 0. The predicted molar refractivity (Wildman–Crippen MR) is 116 cm³/mol. The molecule has 0 aliphatic carbocycles. The Morgan fingerprint density at radius 1 is 1.13 bits per heavy atom. The molecule has 1 atom stereocenters. The minimum Gasteiger partial charge on any atom is -0.346 e. The maximum atomic E-state index is 12.2. The summed E-state index contributed by atoms with van der Waals surface area (Å²) in [4.78, 5) is 40.1. The third kappa shape index (κ3) is 10.9. The number of carbonyl (C=O) groups excluding carboxylic acids is 3. The quantitative estimate of drug-likeness (QED) is 0.319. The number of anilines is 1. The highest BCUT2D eigenvalue weighted by molar-refractivity contribution is 7.10. The van der Waals surface area contributed by atoms with Gasteiger partial charge in [0, 0.05) is 6.20 Å².